The predicted octanol–water partition coefficient (Wildman–Crippen LogP) is 1.50. The van der Waals surface area contributed by atoms with Gasteiger partial charge < -0.3 is 14.1 Å². The highest BCUT2D eigenvalue weighted by molar-refractivity contribution is 6.28. The fourth-order valence-corrected chi connectivity index (χ4v) is 2.08. The molecule has 1 aliphatic heterocycles. The van der Waals surface area contributed by atoms with E-state index in [-0.39, 0.29) is 6.10 Å². The first-order valence-electron chi connectivity index (χ1n) is 5.10. The Bertz CT molecular complexity index is 520. The van der Waals surface area contributed by atoms with Gasteiger partial charge in [-0.2, -0.15) is 0 Å². The van der Waals surface area contributed by atoms with Gasteiger partial charge in [0.1, 0.15) is 5.82 Å². The molecule has 1 atom stereocenters. The molecule has 1 N–H and O–H groups in total. The molecule has 0 amide bonds. The summed E-state index contributed by atoms with van der Waals surface area (Å²) in [6.45, 7) is 0.706. The topological polar surface area (TPSA) is 64.1 Å². The minimum absolute atomic E-state index is 0.315. The molecule has 6 heteroatoms. The molecule has 0 aliphatic carbocycles. The zero-order valence-electron chi connectivity index (χ0n) is 8.43. The molecule has 5 nitrogen and oxygen atoms in total. The van der Waals surface area contributed by atoms with Gasteiger partial charge in [0.25, 0.3) is 0 Å². The Morgan fingerprint density at radius 3 is 3.06 bits per heavy atom. The zero-order valence-corrected chi connectivity index (χ0v) is 9.18. The van der Waals surface area contributed by atoms with Crippen LogP contribution in [-0.2, 0) is 13.0 Å². The molecule has 2 aromatic heterocycles. The zero-order chi connectivity index (χ0) is 11.1. The van der Waals surface area contributed by atoms with Crippen LogP contribution >= 0.6 is 11.6 Å². The number of hydrogen-bond acceptors (Lipinski definition) is 4. The molecule has 2 aromatic rings. The summed E-state index contributed by atoms with van der Waals surface area (Å²) in [5.74, 6) is 2.08. The molecule has 16 heavy (non-hydrogen) atoms. The van der Waals surface area contributed by atoms with Crippen molar-refractivity contribution < 1.29 is 9.52 Å². The van der Waals surface area contributed by atoms with E-state index in [1.165, 1.54) is 0 Å². The van der Waals surface area contributed by atoms with Crippen LogP contribution in [0.25, 0.3) is 11.6 Å². The van der Waals surface area contributed by atoms with Crippen molar-refractivity contribution in [3.8, 4) is 11.6 Å². The minimum Gasteiger partial charge on any atom is -0.441 e. The van der Waals surface area contributed by atoms with Crippen LogP contribution < -0.4 is 0 Å². The van der Waals surface area contributed by atoms with Crippen LogP contribution in [0.4, 0.5) is 0 Å². The van der Waals surface area contributed by atoms with Crippen molar-refractivity contribution in [2.75, 3.05) is 0 Å². The van der Waals surface area contributed by atoms with Gasteiger partial charge in [-0.1, -0.05) is 0 Å². The number of halogens is 1. The Hall–Kier alpha value is -1.33. The molecule has 0 spiro atoms. The van der Waals surface area contributed by atoms with Gasteiger partial charge in [0.2, 0.25) is 0 Å². The predicted molar refractivity (Wildman–Crippen MR) is 57.1 cm³/mol. The van der Waals surface area contributed by atoms with E-state index >= 15 is 0 Å². The summed E-state index contributed by atoms with van der Waals surface area (Å²) in [7, 11) is 0. The highest BCUT2D eigenvalue weighted by Gasteiger charge is 2.23. The molecule has 84 valence electrons. The number of nitrogens with zero attached hydrogens (tertiary/aromatic N) is 3. The van der Waals surface area contributed by atoms with Crippen LogP contribution in [0, 0.1) is 0 Å². The van der Waals surface area contributed by atoms with Gasteiger partial charge in [-0.3, -0.25) is 0 Å². The SMILES string of the molecule is OC1CCn2c(nnc2-c2ccc(Cl)o2)C1. The van der Waals surface area contributed by atoms with Crippen LogP contribution in [0.5, 0.6) is 0 Å². The number of aromatic nitrogens is 3. The van der Waals surface area contributed by atoms with Crippen molar-refractivity contribution in [1.82, 2.24) is 14.8 Å². The molecule has 1 unspecified atom stereocenters. The summed E-state index contributed by atoms with van der Waals surface area (Å²) in [6.07, 6.45) is 0.943. The average molecular weight is 240 g/mol. The second-order valence-electron chi connectivity index (χ2n) is 3.84. The van der Waals surface area contributed by atoms with Crippen molar-refractivity contribution in [2.24, 2.45) is 0 Å². The average Bonchev–Trinajstić information content (AvgIpc) is 2.83. The Labute approximate surface area is 96.7 Å². The smallest absolute Gasteiger partial charge is 0.199 e. The summed E-state index contributed by atoms with van der Waals surface area (Å²) >= 11 is 5.72. The van der Waals surface area contributed by atoms with Crippen molar-refractivity contribution >= 4 is 11.6 Å². The molecule has 1 aliphatic rings. The summed E-state index contributed by atoms with van der Waals surface area (Å²) in [5.41, 5.74) is 0. The molecule has 0 saturated carbocycles. The summed E-state index contributed by atoms with van der Waals surface area (Å²) in [5, 5.41) is 18.0. The second-order valence-corrected chi connectivity index (χ2v) is 4.21. The maximum Gasteiger partial charge on any atom is 0.199 e. The number of aliphatic hydroxyl groups is 1. The lowest BCUT2D eigenvalue weighted by atomic mass is 10.1. The first kappa shape index (κ1) is 9.86. The standard InChI is InChI=1S/C10H10ClN3O2/c11-8-2-1-7(16-8)10-13-12-9-5-6(15)3-4-14(9)10/h1-2,6,15H,3-5H2. The molecule has 0 fully saturated rings. The van der Waals surface area contributed by atoms with Gasteiger partial charge in [0, 0.05) is 13.0 Å². The first-order chi connectivity index (χ1) is 7.74. The van der Waals surface area contributed by atoms with Crippen molar-refractivity contribution in [3.63, 3.8) is 0 Å². The molecule has 3 heterocycles. The Morgan fingerprint density at radius 2 is 2.31 bits per heavy atom. The van der Waals surface area contributed by atoms with E-state index in [4.69, 9.17) is 16.0 Å². The quantitative estimate of drug-likeness (QED) is 0.819. The van der Waals surface area contributed by atoms with Crippen LogP contribution in [0.3, 0.4) is 0 Å². The summed E-state index contributed by atoms with van der Waals surface area (Å²) in [4.78, 5) is 0. The Kier molecular flexibility index (Phi) is 2.22. The lowest BCUT2D eigenvalue weighted by Gasteiger charge is -2.18. The van der Waals surface area contributed by atoms with Crippen LogP contribution in [-0.4, -0.2) is 26.0 Å². The molecular formula is C10H10ClN3O2. The van der Waals surface area contributed by atoms with Gasteiger partial charge in [-0.25, -0.2) is 0 Å². The lowest BCUT2D eigenvalue weighted by Crippen LogP contribution is -2.23. The third-order valence-corrected chi connectivity index (χ3v) is 2.93. The van der Waals surface area contributed by atoms with Gasteiger partial charge in [0.05, 0.1) is 6.10 Å². The fraction of sp³-hybridized carbons (Fsp3) is 0.400. The monoisotopic (exact) mass is 239 g/mol. The van der Waals surface area contributed by atoms with Crippen LogP contribution in [0.15, 0.2) is 16.5 Å². The van der Waals surface area contributed by atoms with Crippen LogP contribution in [0.1, 0.15) is 12.2 Å². The normalized spacial score (nSPS) is 19.8. The van der Waals surface area contributed by atoms with Gasteiger partial charge in [0.15, 0.2) is 16.8 Å². The van der Waals surface area contributed by atoms with E-state index in [0.29, 0.717) is 36.2 Å². The van der Waals surface area contributed by atoms with E-state index in [9.17, 15) is 5.11 Å². The highest BCUT2D eigenvalue weighted by atomic mass is 35.5. The first-order valence-corrected chi connectivity index (χ1v) is 5.47. The van der Waals surface area contributed by atoms with Crippen molar-refractivity contribution in [1.29, 1.82) is 0 Å². The van der Waals surface area contributed by atoms with Gasteiger partial charge in [-0.05, 0) is 30.2 Å². The van der Waals surface area contributed by atoms with Crippen LogP contribution in [0.2, 0.25) is 5.22 Å². The third-order valence-electron chi connectivity index (χ3n) is 2.73. The number of rotatable bonds is 1. The minimum atomic E-state index is -0.315. The number of furan rings is 1. The van der Waals surface area contributed by atoms with Gasteiger partial charge in [-0.15, -0.1) is 10.2 Å². The molecule has 0 bridgehead atoms. The summed E-state index contributed by atoms with van der Waals surface area (Å²) in [6, 6.07) is 3.45. The third kappa shape index (κ3) is 1.52. The van der Waals surface area contributed by atoms with Crippen molar-refractivity contribution in [3.05, 3.63) is 23.2 Å². The van der Waals surface area contributed by atoms with E-state index < -0.39 is 0 Å². The maximum atomic E-state index is 9.51. The molecule has 3 rings (SSSR count). The molecular weight excluding hydrogens is 230 g/mol. The Morgan fingerprint density at radius 1 is 1.44 bits per heavy atom. The van der Waals surface area contributed by atoms with Crippen molar-refractivity contribution in [2.45, 2.75) is 25.5 Å². The van der Waals surface area contributed by atoms with Gasteiger partial charge >= 0.3 is 0 Å². The molecule has 0 radical (unpaired) electrons. The van der Waals surface area contributed by atoms with E-state index in [2.05, 4.69) is 10.2 Å². The van der Waals surface area contributed by atoms with E-state index in [0.717, 1.165) is 5.82 Å². The number of aliphatic hydroxyl groups excluding tert-OH is 1. The largest absolute Gasteiger partial charge is 0.441 e. The fourth-order valence-electron chi connectivity index (χ4n) is 1.93. The van der Waals surface area contributed by atoms with E-state index in [1.54, 1.807) is 12.1 Å². The number of hydrogen-bond donors (Lipinski definition) is 1. The Balaban J connectivity index is 2.03. The molecule has 0 aromatic carbocycles. The lowest BCUT2D eigenvalue weighted by molar-refractivity contribution is 0.142. The second kappa shape index (κ2) is 3.61. The maximum absolute atomic E-state index is 9.51. The number of fused-ring (bicyclic) bond motifs is 1. The highest BCUT2D eigenvalue weighted by Crippen LogP contribution is 2.26. The molecule has 0 saturated heterocycles. The van der Waals surface area contributed by atoms with E-state index in [1.807, 2.05) is 4.57 Å². The summed E-state index contributed by atoms with van der Waals surface area (Å²) < 4.78 is 7.26.